The van der Waals surface area contributed by atoms with Crippen LogP contribution in [0.4, 0.5) is 13.2 Å². The average molecular weight is 496 g/mol. The highest BCUT2D eigenvalue weighted by Gasteiger charge is 2.30. The zero-order valence-electron chi connectivity index (χ0n) is 21.7. The Hall–Kier alpha value is -3.43. The normalized spacial score (nSPS) is 13.5. The number of aliphatic hydroxyl groups is 1. The van der Waals surface area contributed by atoms with Gasteiger partial charge in [0.25, 0.3) is 0 Å². The summed E-state index contributed by atoms with van der Waals surface area (Å²) in [4.78, 5) is 0. The van der Waals surface area contributed by atoms with Crippen molar-refractivity contribution < 1.29 is 18.3 Å². The van der Waals surface area contributed by atoms with E-state index in [-0.39, 0.29) is 5.76 Å². The number of aliphatic hydroxyl groups excluding tert-OH is 1. The van der Waals surface area contributed by atoms with Crippen LogP contribution in [0.15, 0.2) is 107 Å². The van der Waals surface area contributed by atoms with Crippen LogP contribution in [0, 0.1) is 0 Å². The lowest BCUT2D eigenvalue weighted by molar-refractivity contribution is -0.137. The van der Waals surface area contributed by atoms with Crippen molar-refractivity contribution in [2.45, 2.75) is 66.0 Å². The van der Waals surface area contributed by atoms with Crippen molar-refractivity contribution >= 4 is 5.70 Å². The molecule has 0 spiro atoms. The van der Waals surface area contributed by atoms with E-state index in [0.29, 0.717) is 36.9 Å². The topological polar surface area (TPSA) is 32.3 Å². The summed E-state index contributed by atoms with van der Waals surface area (Å²) in [5, 5.41) is 12.8. The first kappa shape index (κ1) is 28.8. The molecule has 0 aromatic heterocycles. The van der Waals surface area contributed by atoms with Crippen LogP contribution in [0.5, 0.6) is 0 Å². The molecule has 0 fully saturated rings. The molecule has 1 aromatic rings. The van der Waals surface area contributed by atoms with E-state index in [2.05, 4.69) is 44.6 Å². The number of alkyl halides is 3. The van der Waals surface area contributed by atoms with E-state index in [4.69, 9.17) is 0 Å². The van der Waals surface area contributed by atoms with Crippen LogP contribution in [0.25, 0.3) is 5.70 Å². The molecule has 1 aliphatic carbocycles. The summed E-state index contributed by atoms with van der Waals surface area (Å²) in [6, 6.07) is 5.02. The standard InChI is InChI=1S/C31H36F3NO/c1-20(2)30(35-25(7)26-13-15-27(16-14-26)31(32,33)34)18-17-28-22(4)9-8-10-23(5)29(28)19-21(3)11-12-24(6)36/h9-10,13-16,35-36H,3,6-7,11-12,17-19H2,1-2,4-5H3. The minimum Gasteiger partial charge on any atom is -0.513 e. The van der Waals surface area contributed by atoms with Gasteiger partial charge in [-0.1, -0.05) is 43.0 Å². The Bertz CT molecular complexity index is 1180. The number of halogens is 3. The minimum atomic E-state index is -4.37. The Kier molecular flexibility index (Phi) is 10.0. The summed E-state index contributed by atoms with van der Waals surface area (Å²) in [6.45, 7) is 20.0. The van der Waals surface area contributed by atoms with Crippen molar-refractivity contribution in [3.63, 3.8) is 0 Å². The molecule has 1 aliphatic rings. The number of nitrogens with one attached hydrogen (secondary N) is 1. The molecule has 0 bridgehead atoms. The molecule has 0 saturated carbocycles. The van der Waals surface area contributed by atoms with E-state index in [0.717, 1.165) is 46.5 Å². The van der Waals surface area contributed by atoms with Gasteiger partial charge in [-0.3, -0.25) is 0 Å². The first-order chi connectivity index (χ1) is 16.8. The van der Waals surface area contributed by atoms with Gasteiger partial charge in [-0.2, -0.15) is 13.2 Å². The second-order valence-electron chi connectivity index (χ2n) is 9.43. The number of hydrogen-bond donors (Lipinski definition) is 2. The van der Waals surface area contributed by atoms with Crippen LogP contribution in [-0.4, -0.2) is 5.11 Å². The quantitative estimate of drug-likeness (QED) is 0.182. The molecular formula is C31H36F3NO. The number of allylic oxidation sites excluding steroid dienone is 9. The highest BCUT2D eigenvalue weighted by molar-refractivity contribution is 5.63. The highest BCUT2D eigenvalue weighted by Crippen LogP contribution is 2.34. The van der Waals surface area contributed by atoms with Crippen LogP contribution in [0.1, 0.15) is 70.9 Å². The third kappa shape index (κ3) is 8.35. The zero-order valence-corrected chi connectivity index (χ0v) is 21.7. The maximum Gasteiger partial charge on any atom is 0.416 e. The van der Waals surface area contributed by atoms with E-state index in [1.165, 1.54) is 23.3 Å². The summed E-state index contributed by atoms with van der Waals surface area (Å²) in [6.07, 6.45) is 2.94. The van der Waals surface area contributed by atoms with Crippen molar-refractivity contribution in [1.29, 1.82) is 0 Å². The van der Waals surface area contributed by atoms with Crippen molar-refractivity contribution in [1.82, 2.24) is 5.32 Å². The molecular weight excluding hydrogens is 459 g/mol. The lowest BCUT2D eigenvalue weighted by atomic mass is 9.87. The third-order valence-corrected chi connectivity index (χ3v) is 6.20. The molecule has 0 heterocycles. The number of rotatable bonds is 11. The summed E-state index contributed by atoms with van der Waals surface area (Å²) >= 11 is 0. The molecule has 2 rings (SSSR count). The van der Waals surface area contributed by atoms with E-state index in [1.807, 2.05) is 26.0 Å². The maximum absolute atomic E-state index is 12.9. The monoisotopic (exact) mass is 495 g/mol. The van der Waals surface area contributed by atoms with Gasteiger partial charge in [-0.25, -0.2) is 0 Å². The van der Waals surface area contributed by atoms with Crippen LogP contribution in [0.3, 0.4) is 0 Å². The number of hydrogen-bond acceptors (Lipinski definition) is 2. The van der Waals surface area contributed by atoms with E-state index >= 15 is 0 Å². The first-order valence-corrected chi connectivity index (χ1v) is 11.9. The molecule has 0 aliphatic heterocycles. The molecule has 2 N–H and O–H groups in total. The summed E-state index contributed by atoms with van der Waals surface area (Å²) in [5.74, 6) is 0.156. The molecule has 1 aromatic carbocycles. The Balaban J connectivity index is 2.19. The average Bonchev–Trinajstić information content (AvgIpc) is 2.92. The Morgan fingerprint density at radius 1 is 0.917 bits per heavy atom. The summed E-state index contributed by atoms with van der Waals surface area (Å²) in [7, 11) is 0. The van der Waals surface area contributed by atoms with Crippen LogP contribution >= 0.6 is 0 Å². The van der Waals surface area contributed by atoms with Gasteiger partial charge >= 0.3 is 6.18 Å². The van der Waals surface area contributed by atoms with Gasteiger partial charge in [-0.15, -0.1) is 5.73 Å². The van der Waals surface area contributed by atoms with Gasteiger partial charge in [0.2, 0.25) is 0 Å². The van der Waals surface area contributed by atoms with Crippen LogP contribution < -0.4 is 5.32 Å². The summed E-state index contributed by atoms with van der Waals surface area (Å²) in [5.41, 5.74) is 11.5. The second kappa shape index (κ2) is 12.5. The van der Waals surface area contributed by atoms with Gasteiger partial charge < -0.3 is 10.4 Å². The fourth-order valence-corrected chi connectivity index (χ4v) is 4.00. The molecule has 0 amide bonds. The van der Waals surface area contributed by atoms with Crippen molar-refractivity contribution in [2.75, 3.05) is 0 Å². The Labute approximate surface area is 213 Å². The number of benzene rings is 1. The molecule has 5 heteroatoms. The Morgan fingerprint density at radius 2 is 1.50 bits per heavy atom. The molecule has 0 radical (unpaired) electrons. The predicted octanol–water partition coefficient (Wildman–Crippen LogP) is 9.50. The van der Waals surface area contributed by atoms with Crippen LogP contribution in [0.2, 0.25) is 0 Å². The van der Waals surface area contributed by atoms with E-state index in [9.17, 15) is 18.3 Å². The van der Waals surface area contributed by atoms with E-state index in [1.54, 1.807) is 0 Å². The highest BCUT2D eigenvalue weighted by atomic mass is 19.4. The maximum atomic E-state index is 12.9. The van der Waals surface area contributed by atoms with Crippen molar-refractivity contribution in [2.24, 2.45) is 0 Å². The lowest BCUT2D eigenvalue weighted by Gasteiger charge is -2.20. The SMILES string of the molecule is C=C(O)CCC(=C)CC1=C(C)C=C=CC(C)=C1CCC(NC(=C)c1ccc(C(F)(F)F)cc1)=C(C)C. The molecule has 36 heavy (non-hydrogen) atoms. The zero-order chi connectivity index (χ0) is 27.0. The third-order valence-electron chi connectivity index (χ3n) is 6.20. The first-order valence-electron chi connectivity index (χ1n) is 11.9. The fourth-order valence-electron chi connectivity index (χ4n) is 4.00. The summed E-state index contributed by atoms with van der Waals surface area (Å²) < 4.78 is 38.7. The smallest absolute Gasteiger partial charge is 0.416 e. The second-order valence-corrected chi connectivity index (χ2v) is 9.43. The minimum absolute atomic E-state index is 0.156. The molecule has 0 unspecified atom stereocenters. The lowest BCUT2D eigenvalue weighted by Crippen LogP contribution is -2.14. The molecule has 0 atom stereocenters. The van der Waals surface area contributed by atoms with Gasteiger partial charge in [-0.05, 0) is 106 Å². The van der Waals surface area contributed by atoms with Crippen molar-refractivity contribution in [3.05, 3.63) is 118 Å². The van der Waals surface area contributed by atoms with Crippen LogP contribution in [-0.2, 0) is 6.18 Å². The molecule has 0 saturated heterocycles. The van der Waals surface area contributed by atoms with Gasteiger partial charge in [0.05, 0.1) is 11.3 Å². The predicted molar refractivity (Wildman–Crippen MR) is 144 cm³/mol. The van der Waals surface area contributed by atoms with Gasteiger partial charge in [0, 0.05) is 17.8 Å². The van der Waals surface area contributed by atoms with Gasteiger partial charge in [0.1, 0.15) is 0 Å². The molecule has 2 nitrogen and oxygen atoms in total. The van der Waals surface area contributed by atoms with E-state index < -0.39 is 11.7 Å². The van der Waals surface area contributed by atoms with Gasteiger partial charge in [0.15, 0.2) is 0 Å². The fraction of sp³-hybridized carbons (Fsp3) is 0.323. The molecule has 192 valence electrons. The Morgan fingerprint density at radius 3 is 2.03 bits per heavy atom. The largest absolute Gasteiger partial charge is 0.513 e. The van der Waals surface area contributed by atoms with Crippen molar-refractivity contribution in [3.8, 4) is 0 Å².